The molecule has 1 unspecified atom stereocenters. The first kappa shape index (κ1) is 31.2. The molecule has 0 aliphatic rings. The molecule has 8 nitrogen and oxygen atoms in total. The number of carboxylic acid groups (broad SMARTS) is 1. The average Bonchev–Trinajstić information content (AvgIpc) is 2.97. The summed E-state index contributed by atoms with van der Waals surface area (Å²) >= 11 is 25.6. The number of aromatic carboxylic acids is 1. The van der Waals surface area contributed by atoms with Crippen molar-refractivity contribution in [1.82, 2.24) is 0 Å². The van der Waals surface area contributed by atoms with Crippen LogP contribution in [0.3, 0.4) is 0 Å². The normalized spacial score (nSPS) is 11.4. The Morgan fingerprint density at radius 2 is 1.33 bits per heavy atom. The number of anilines is 2. The number of primary amides is 1. The number of carboxylic acids is 1. The van der Waals surface area contributed by atoms with Gasteiger partial charge in [-0.1, -0.05) is 82.8 Å². The van der Waals surface area contributed by atoms with Crippen molar-refractivity contribution >= 4 is 93.2 Å². The van der Waals surface area contributed by atoms with Gasteiger partial charge in [-0.15, -0.1) is 11.8 Å². The van der Waals surface area contributed by atoms with Gasteiger partial charge in [0.15, 0.2) is 0 Å². The van der Waals surface area contributed by atoms with Gasteiger partial charge in [-0.05, 0) is 48.0 Å². The number of nitrogens with two attached hydrogens (primary N) is 1. The number of hydrogen-bond acceptors (Lipinski definition) is 5. The molecular formula is C29H19Cl4N3O5S. The second-order valence-corrected chi connectivity index (χ2v) is 11.3. The summed E-state index contributed by atoms with van der Waals surface area (Å²) in [4.78, 5) is 50.5. The summed E-state index contributed by atoms with van der Waals surface area (Å²) in [5.74, 6) is -3.32. The fraction of sp³-hybridized carbons (Fsp3) is 0.0345. The van der Waals surface area contributed by atoms with E-state index in [1.54, 1.807) is 48.5 Å². The molecule has 4 aromatic carbocycles. The molecule has 0 aromatic heterocycles. The largest absolute Gasteiger partial charge is 0.478 e. The number of carbonyl (C=O) groups excluding carboxylic acids is 3. The highest BCUT2D eigenvalue weighted by Gasteiger charge is 2.29. The number of carbonyl (C=O) groups is 4. The van der Waals surface area contributed by atoms with Crippen LogP contribution < -0.4 is 16.4 Å². The van der Waals surface area contributed by atoms with Crippen LogP contribution in [-0.2, 0) is 4.79 Å². The third-order valence-electron chi connectivity index (χ3n) is 5.83. The lowest BCUT2D eigenvalue weighted by Gasteiger charge is -2.18. The minimum atomic E-state index is -1.52. The summed E-state index contributed by atoms with van der Waals surface area (Å²) in [5.41, 5.74) is 6.02. The van der Waals surface area contributed by atoms with E-state index in [9.17, 15) is 24.3 Å². The van der Waals surface area contributed by atoms with Crippen molar-refractivity contribution in [3.8, 4) is 0 Å². The topological polar surface area (TPSA) is 139 Å². The SMILES string of the molecule is NC(=O)c1ccc(NC(=O)C(Sc2cccc(NC(=O)c3c(Cl)c(Cl)c(Cl)c(Cl)c3C(=O)O)c2)c2ccccc2)cc1. The van der Waals surface area contributed by atoms with Crippen LogP contribution in [0.15, 0.2) is 83.8 Å². The van der Waals surface area contributed by atoms with Crippen LogP contribution in [0.2, 0.25) is 20.1 Å². The quantitative estimate of drug-likeness (QED) is 0.0819. The lowest BCUT2D eigenvalue weighted by atomic mass is 10.1. The molecule has 0 bridgehead atoms. The molecule has 0 aliphatic heterocycles. The third-order valence-corrected chi connectivity index (χ3v) is 8.88. The molecule has 0 spiro atoms. The molecule has 0 saturated carbocycles. The van der Waals surface area contributed by atoms with Crippen molar-refractivity contribution in [3.63, 3.8) is 0 Å². The van der Waals surface area contributed by atoms with Crippen LogP contribution in [0, 0.1) is 0 Å². The standard InChI is InChI=1S/C29H19Cl4N3O5S/c30-21-19(20(29(40)41)22(31)24(33)23(21)32)27(38)36-17-7-4-8-18(13-17)42-25(14-5-2-1-3-6-14)28(39)35-16-11-9-15(10-12-16)26(34)37/h1-13,25H,(H2,34,37)(H,35,39)(H,36,38)(H,40,41). The Morgan fingerprint density at radius 1 is 0.714 bits per heavy atom. The van der Waals surface area contributed by atoms with E-state index in [-0.39, 0.29) is 26.7 Å². The number of nitrogens with one attached hydrogen (secondary N) is 2. The monoisotopic (exact) mass is 661 g/mol. The number of halogens is 4. The molecular weight excluding hydrogens is 644 g/mol. The Hall–Kier alpha value is -3.73. The molecule has 1 atom stereocenters. The fourth-order valence-corrected chi connectivity index (χ4v) is 5.95. The Morgan fingerprint density at radius 3 is 1.93 bits per heavy atom. The second kappa shape index (κ2) is 13.5. The molecule has 4 aromatic rings. The highest BCUT2D eigenvalue weighted by molar-refractivity contribution is 8.00. The van der Waals surface area contributed by atoms with E-state index < -0.39 is 39.2 Å². The number of hydrogen-bond donors (Lipinski definition) is 4. The van der Waals surface area contributed by atoms with Crippen molar-refractivity contribution in [2.24, 2.45) is 5.73 Å². The zero-order valence-electron chi connectivity index (χ0n) is 21.2. The molecule has 0 saturated heterocycles. The number of thioether (sulfide) groups is 1. The summed E-state index contributed by atoms with van der Waals surface area (Å²) in [6.45, 7) is 0. The first-order valence-corrected chi connectivity index (χ1v) is 14.3. The van der Waals surface area contributed by atoms with Crippen LogP contribution in [0.4, 0.5) is 11.4 Å². The predicted octanol–water partition coefficient (Wildman–Crippen LogP) is 7.82. The fourth-order valence-electron chi connectivity index (χ4n) is 3.85. The Bertz CT molecular complexity index is 1700. The van der Waals surface area contributed by atoms with Crippen molar-refractivity contribution in [3.05, 3.63) is 121 Å². The molecule has 4 rings (SSSR count). The van der Waals surface area contributed by atoms with Crippen LogP contribution in [0.25, 0.3) is 0 Å². The molecule has 3 amide bonds. The highest BCUT2D eigenvalue weighted by atomic mass is 35.5. The molecule has 0 heterocycles. The summed E-state index contributed by atoms with van der Waals surface area (Å²) in [5, 5.41) is 13.1. The Labute approximate surface area is 264 Å². The van der Waals surface area contributed by atoms with Crippen LogP contribution in [-0.4, -0.2) is 28.8 Å². The van der Waals surface area contributed by atoms with Gasteiger partial charge in [0.25, 0.3) is 5.91 Å². The van der Waals surface area contributed by atoms with Crippen molar-refractivity contribution in [2.45, 2.75) is 10.1 Å². The predicted molar refractivity (Wildman–Crippen MR) is 166 cm³/mol. The van der Waals surface area contributed by atoms with Crippen molar-refractivity contribution in [1.29, 1.82) is 0 Å². The molecule has 42 heavy (non-hydrogen) atoms. The van der Waals surface area contributed by atoms with E-state index in [1.807, 2.05) is 18.2 Å². The van der Waals surface area contributed by atoms with Crippen LogP contribution in [0.1, 0.15) is 41.9 Å². The van der Waals surface area contributed by atoms with Gasteiger partial charge in [0, 0.05) is 21.8 Å². The number of amides is 3. The van der Waals surface area contributed by atoms with Gasteiger partial charge < -0.3 is 21.5 Å². The van der Waals surface area contributed by atoms with Gasteiger partial charge in [0.2, 0.25) is 11.8 Å². The van der Waals surface area contributed by atoms with E-state index in [0.29, 0.717) is 21.7 Å². The number of rotatable bonds is 9. The van der Waals surface area contributed by atoms with E-state index in [2.05, 4.69) is 10.6 Å². The van der Waals surface area contributed by atoms with E-state index in [4.69, 9.17) is 52.1 Å². The molecule has 5 N–H and O–H groups in total. The number of benzene rings is 4. The first-order chi connectivity index (χ1) is 20.0. The summed E-state index contributed by atoms with van der Waals surface area (Å²) in [6.07, 6.45) is 0. The lowest BCUT2D eigenvalue weighted by molar-refractivity contribution is -0.115. The van der Waals surface area contributed by atoms with Crippen molar-refractivity contribution < 1.29 is 24.3 Å². The smallest absolute Gasteiger partial charge is 0.338 e. The minimum absolute atomic E-state index is 0.260. The Balaban J connectivity index is 1.60. The van der Waals surface area contributed by atoms with Gasteiger partial charge in [0.05, 0.1) is 31.2 Å². The minimum Gasteiger partial charge on any atom is -0.478 e. The summed E-state index contributed by atoms with van der Waals surface area (Å²) in [6, 6.07) is 21.8. The van der Waals surface area contributed by atoms with Crippen molar-refractivity contribution in [2.75, 3.05) is 10.6 Å². The maximum absolute atomic E-state index is 13.4. The van der Waals surface area contributed by atoms with E-state index in [0.717, 1.165) is 0 Å². The zero-order valence-corrected chi connectivity index (χ0v) is 25.0. The summed E-state index contributed by atoms with van der Waals surface area (Å²) in [7, 11) is 0. The molecule has 0 fully saturated rings. The van der Waals surface area contributed by atoms with Gasteiger partial charge in [0.1, 0.15) is 5.25 Å². The lowest BCUT2D eigenvalue weighted by Crippen LogP contribution is -2.19. The highest BCUT2D eigenvalue weighted by Crippen LogP contribution is 2.42. The summed E-state index contributed by atoms with van der Waals surface area (Å²) < 4.78 is 0. The van der Waals surface area contributed by atoms with Gasteiger partial charge in [-0.25, -0.2) is 4.79 Å². The first-order valence-electron chi connectivity index (χ1n) is 11.9. The second-order valence-electron chi connectivity index (χ2n) is 8.63. The average molecular weight is 663 g/mol. The molecule has 0 radical (unpaired) electrons. The van der Waals surface area contributed by atoms with Gasteiger partial charge in [-0.3, -0.25) is 14.4 Å². The molecule has 214 valence electrons. The van der Waals surface area contributed by atoms with E-state index >= 15 is 0 Å². The van der Waals surface area contributed by atoms with E-state index in [1.165, 1.54) is 23.9 Å². The van der Waals surface area contributed by atoms with Crippen LogP contribution in [0.5, 0.6) is 0 Å². The molecule has 0 aliphatic carbocycles. The molecule has 13 heteroatoms. The maximum atomic E-state index is 13.4. The maximum Gasteiger partial charge on any atom is 0.338 e. The Kier molecular flexibility index (Phi) is 10.0. The third kappa shape index (κ3) is 7.00. The van der Waals surface area contributed by atoms with Crippen LogP contribution >= 0.6 is 58.2 Å². The van der Waals surface area contributed by atoms with Gasteiger partial charge in [-0.2, -0.15) is 0 Å². The van der Waals surface area contributed by atoms with Gasteiger partial charge >= 0.3 is 5.97 Å². The zero-order chi connectivity index (χ0) is 30.6.